The van der Waals surface area contributed by atoms with Crippen LogP contribution in [0.5, 0.6) is 0 Å². The first kappa shape index (κ1) is 10.5. The highest BCUT2D eigenvalue weighted by molar-refractivity contribution is 5.71. The van der Waals surface area contributed by atoms with Gasteiger partial charge in [0.2, 0.25) is 0 Å². The predicted molar refractivity (Wildman–Crippen MR) is 46.3 cm³/mol. The van der Waals surface area contributed by atoms with Gasteiger partial charge in [0.05, 0.1) is 12.5 Å². The van der Waals surface area contributed by atoms with Crippen molar-refractivity contribution in [1.82, 2.24) is 0 Å². The standard InChI is InChI=1S/C9H16O4/c1-6(8(10)11)9(12,5-13-2)7-3-4-7/h6-7,12H,3-5H2,1-2H3,(H,10,11). The lowest BCUT2D eigenvalue weighted by Crippen LogP contribution is -2.46. The fourth-order valence-electron chi connectivity index (χ4n) is 1.62. The lowest BCUT2D eigenvalue weighted by Gasteiger charge is -2.31. The average molecular weight is 188 g/mol. The van der Waals surface area contributed by atoms with Crippen molar-refractivity contribution in [3.63, 3.8) is 0 Å². The maximum atomic E-state index is 10.7. The zero-order valence-corrected chi connectivity index (χ0v) is 7.99. The van der Waals surface area contributed by atoms with Crippen LogP contribution in [0.3, 0.4) is 0 Å². The molecule has 4 heteroatoms. The summed E-state index contributed by atoms with van der Waals surface area (Å²) >= 11 is 0. The van der Waals surface area contributed by atoms with E-state index in [1.165, 1.54) is 14.0 Å². The highest BCUT2D eigenvalue weighted by Crippen LogP contribution is 2.43. The molecule has 2 atom stereocenters. The van der Waals surface area contributed by atoms with Crippen LogP contribution < -0.4 is 0 Å². The molecule has 0 spiro atoms. The van der Waals surface area contributed by atoms with Crippen LogP contribution in [0, 0.1) is 11.8 Å². The molecule has 1 aliphatic carbocycles. The van der Waals surface area contributed by atoms with Crippen molar-refractivity contribution < 1.29 is 19.7 Å². The van der Waals surface area contributed by atoms with Crippen LogP contribution in [0.2, 0.25) is 0 Å². The van der Waals surface area contributed by atoms with Gasteiger partial charge in [-0.2, -0.15) is 0 Å². The van der Waals surface area contributed by atoms with Crippen LogP contribution in [-0.4, -0.2) is 35.5 Å². The molecule has 13 heavy (non-hydrogen) atoms. The van der Waals surface area contributed by atoms with Crippen molar-refractivity contribution in [2.45, 2.75) is 25.4 Å². The largest absolute Gasteiger partial charge is 0.481 e. The summed E-state index contributed by atoms with van der Waals surface area (Å²) < 4.78 is 4.87. The number of methoxy groups -OCH3 is 1. The molecule has 0 bridgehead atoms. The first-order valence-electron chi connectivity index (χ1n) is 4.46. The second-order valence-corrected chi connectivity index (χ2v) is 3.76. The Labute approximate surface area is 77.5 Å². The minimum Gasteiger partial charge on any atom is -0.481 e. The van der Waals surface area contributed by atoms with E-state index in [1.807, 2.05) is 0 Å². The number of hydrogen-bond donors (Lipinski definition) is 2. The van der Waals surface area contributed by atoms with Crippen molar-refractivity contribution in [2.24, 2.45) is 11.8 Å². The molecule has 2 N–H and O–H groups in total. The van der Waals surface area contributed by atoms with E-state index in [1.54, 1.807) is 0 Å². The Morgan fingerprint density at radius 2 is 2.23 bits per heavy atom. The van der Waals surface area contributed by atoms with Gasteiger partial charge >= 0.3 is 5.97 Å². The first-order chi connectivity index (χ1) is 6.02. The minimum absolute atomic E-state index is 0.0959. The number of hydrogen-bond acceptors (Lipinski definition) is 3. The number of carboxylic acids is 1. The Balaban J connectivity index is 2.70. The summed E-state index contributed by atoms with van der Waals surface area (Å²) in [6, 6.07) is 0. The topological polar surface area (TPSA) is 66.8 Å². The number of carboxylic acid groups (broad SMARTS) is 1. The third kappa shape index (κ3) is 2.00. The van der Waals surface area contributed by atoms with Gasteiger partial charge in [0.15, 0.2) is 0 Å². The molecule has 1 saturated carbocycles. The summed E-state index contributed by atoms with van der Waals surface area (Å²) in [5.74, 6) is -1.63. The van der Waals surface area contributed by atoms with Crippen molar-refractivity contribution in [3.8, 4) is 0 Å². The third-order valence-corrected chi connectivity index (χ3v) is 2.78. The van der Waals surface area contributed by atoms with Gasteiger partial charge in [0.1, 0.15) is 5.60 Å². The number of aliphatic hydroxyl groups is 1. The Hall–Kier alpha value is -0.610. The van der Waals surface area contributed by atoms with Gasteiger partial charge in [-0.25, -0.2) is 0 Å². The summed E-state index contributed by atoms with van der Waals surface area (Å²) in [5, 5.41) is 18.9. The molecule has 0 aliphatic heterocycles. The van der Waals surface area contributed by atoms with Crippen LogP contribution in [0.1, 0.15) is 19.8 Å². The van der Waals surface area contributed by atoms with Gasteiger partial charge in [0.25, 0.3) is 0 Å². The molecule has 0 aromatic carbocycles. The van der Waals surface area contributed by atoms with Crippen LogP contribution in [-0.2, 0) is 9.53 Å². The lowest BCUT2D eigenvalue weighted by atomic mass is 9.85. The SMILES string of the molecule is COCC(O)(C1CC1)C(C)C(=O)O. The van der Waals surface area contributed by atoms with Gasteiger partial charge in [-0.1, -0.05) is 0 Å². The number of rotatable bonds is 5. The number of aliphatic carboxylic acids is 1. The molecule has 0 aromatic rings. The van der Waals surface area contributed by atoms with Crippen LogP contribution in [0.15, 0.2) is 0 Å². The molecular formula is C9H16O4. The maximum absolute atomic E-state index is 10.7. The number of ether oxygens (including phenoxy) is 1. The summed E-state index contributed by atoms with van der Waals surface area (Å²) in [4.78, 5) is 10.7. The normalized spacial score (nSPS) is 23.6. The Morgan fingerprint density at radius 3 is 2.54 bits per heavy atom. The van der Waals surface area contributed by atoms with Crippen molar-refractivity contribution in [1.29, 1.82) is 0 Å². The maximum Gasteiger partial charge on any atom is 0.309 e. The zero-order chi connectivity index (χ0) is 10.1. The minimum atomic E-state index is -1.18. The summed E-state index contributed by atoms with van der Waals surface area (Å²) in [7, 11) is 1.47. The summed E-state index contributed by atoms with van der Waals surface area (Å²) in [6.45, 7) is 1.63. The van der Waals surface area contributed by atoms with Crippen LogP contribution in [0.25, 0.3) is 0 Å². The first-order valence-corrected chi connectivity index (χ1v) is 4.46. The monoisotopic (exact) mass is 188 g/mol. The Bertz CT molecular complexity index is 200. The second-order valence-electron chi connectivity index (χ2n) is 3.76. The van der Waals surface area contributed by atoms with Crippen LogP contribution in [0.4, 0.5) is 0 Å². The van der Waals surface area contributed by atoms with Gasteiger partial charge < -0.3 is 14.9 Å². The fourth-order valence-corrected chi connectivity index (χ4v) is 1.62. The van der Waals surface area contributed by atoms with Gasteiger partial charge in [-0.3, -0.25) is 4.79 Å². The smallest absolute Gasteiger partial charge is 0.309 e. The highest BCUT2D eigenvalue weighted by atomic mass is 16.5. The molecule has 2 unspecified atom stereocenters. The van der Waals surface area contributed by atoms with E-state index < -0.39 is 17.5 Å². The molecule has 0 heterocycles. The third-order valence-electron chi connectivity index (χ3n) is 2.78. The van der Waals surface area contributed by atoms with Crippen LogP contribution >= 0.6 is 0 Å². The summed E-state index contributed by atoms with van der Waals surface area (Å²) in [5.41, 5.74) is -1.18. The molecule has 4 nitrogen and oxygen atoms in total. The molecule has 0 saturated heterocycles. The molecule has 1 fully saturated rings. The van der Waals surface area contributed by atoms with E-state index in [0.717, 1.165) is 12.8 Å². The van der Waals surface area contributed by atoms with E-state index in [2.05, 4.69) is 0 Å². The molecule has 76 valence electrons. The second kappa shape index (κ2) is 3.64. The summed E-state index contributed by atoms with van der Waals surface area (Å²) in [6.07, 6.45) is 1.80. The van der Waals surface area contributed by atoms with E-state index >= 15 is 0 Å². The molecule has 0 radical (unpaired) electrons. The highest BCUT2D eigenvalue weighted by Gasteiger charge is 2.50. The van der Waals surface area contributed by atoms with Crippen molar-refractivity contribution >= 4 is 5.97 Å². The molecule has 1 rings (SSSR count). The molecular weight excluding hydrogens is 172 g/mol. The average Bonchev–Trinajstić information content (AvgIpc) is 2.85. The Morgan fingerprint density at radius 1 is 1.69 bits per heavy atom. The van der Waals surface area contributed by atoms with Gasteiger partial charge in [-0.15, -0.1) is 0 Å². The van der Waals surface area contributed by atoms with Crippen molar-refractivity contribution in [3.05, 3.63) is 0 Å². The molecule has 0 amide bonds. The van der Waals surface area contributed by atoms with E-state index in [0.29, 0.717) is 0 Å². The van der Waals surface area contributed by atoms with Gasteiger partial charge in [-0.05, 0) is 25.7 Å². The van der Waals surface area contributed by atoms with E-state index in [-0.39, 0.29) is 12.5 Å². The molecule has 1 aliphatic rings. The molecule has 0 aromatic heterocycles. The van der Waals surface area contributed by atoms with Crippen molar-refractivity contribution in [2.75, 3.05) is 13.7 Å². The predicted octanol–water partition coefficient (Wildman–Crippen LogP) is 0.495. The quantitative estimate of drug-likeness (QED) is 0.659. The Kier molecular flexibility index (Phi) is 2.93. The van der Waals surface area contributed by atoms with E-state index in [9.17, 15) is 9.90 Å². The van der Waals surface area contributed by atoms with E-state index in [4.69, 9.17) is 9.84 Å². The zero-order valence-electron chi connectivity index (χ0n) is 7.99. The fraction of sp³-hybridized carbons (Fsp3) is 0.889. The number of carbonyl (C=O) groups is 1. The lowest BCUT2D eigenvalue weighted by molar-refractivity contribution is -0.158. The van der Waals surface area contributed by atoms with Gasteiger partial charge in [0, 0.05) is 7.11 Å².